The standard InChI is InChI=1S/C19H24N4OS2/c1-11(2)17-16(20-12(3)26-17)19(24)23-15(9-10-25-4)18-21-13-7-5-6-8-14(13)22-18/h5-8,11,15H,9-10H2,1-4H3,(H,21,22)(H,23,24). The Bertz CT molecular complexity index is 867. The highest BCUT2D eigenvalue weighted by Gasteiger charge is 2.24. The number of nitrogens with zero attached hydrogens (tertiary/aromatic N) is 2. The smallest absolute Gasteiger partial charge is 0.271 e. The molecule has 0 aliphatic heterocycles. The molecule has 2 heterocycles. The lowest BCUT2D eigenvalue weighted by atomic mass is 10.1. The van der Waals surface area contributed by atoms with E-state index in [-0.39, 0.29) is 17.9 Å². The van der Waals surface area contributed by atoms with Crippen LogP contribution in [0.3, 0.4) is 0 Å². The van der Waals surface area contributed by atoms with Crippen molar-refractivity contribution >= 4 is 40.0 Å². The Labute approximate surface area is 162 Å². The van der Waals surface area contributed by atoms with Crippen LogP contribution in [0.25, 0.3) is 11.0 Å². The Balaban J connectivity index is 1.87. The third-order valence-corrected chi connectivity index (χ3v) is 6.07. The zero-order valence-electron chi connectivity index (χ0n) is 15.5. The Morgan fingerprint density at radius 3 is 2.77 bits per heavy atom. The zero-order chi connectivity index (χ0) is 18.7. The number of fused-ring (bicyclic) bond motifs is 1. The van der Waals surface area contributed by atoms with Crippen LogP contribution in [-0.2, 0) is 0 Å². The second kappa shape index (κ2) is 8.22. The highest BCUT2D eigenvalue weighted by molar-refractivity contribution is 7.98. The molecule has 0 saturated carbocycles. The van der Waals surface area contributed by atoms with Gasteiger partial charge in [0.05, 0.1) is 22.1 Å². The maximum Gasteiger partial charge on any atom is 0.271 e. The van der Waals surface area contributed by atoms with Crippen molar-refractivity contribution in [3.8, 4) is 0 Å². The number of aryl methyl sites for hydroxylation is 1. The first-order chi connectivity index (χ1) is 12.5. The van der Waals surface area contributed by atoms with Crippen LogP contribution < -0.4 is 5.32 Å². The van der Waals surface area contributed by atoms with E-state index in [2.05, 4.69) is 40.4 Å². The van der Waals surface area contributed by atoms with Gasteiger partial charge in [-0.1, -0.05) is 26.0 Å². The second-order valence-electron chi connectivity index (χ2n) is 6.55. The molecule has 0 aliphatic carbocycles. The van der Waals surface area contributed by atoms with Gasteiger partial charge in [0.25, 0.3) is 5.91 Å². The summed E-state index contributed by atoms with van der Waals surface area (Å²) in [6.45, 7) is 6.13. The molecule has 1 atom stereocenters. The van der Waals surface area contributed by atoms with Crippen LogP contribution in [0.5, 0.6) is 0 Å². The number of benzene rings is 1. The molecule has 3 aromatic rings. The van der Waals surface area contributed by atoms with E-state index in [9.17, 15) is 4.79 Å². The predicted octanol–water partition coefficient (Wildman–Crippen LogP) is 4.68. The number of aromatic nitrogens is 3. The fourth-order valence-electron chi connectivity index (χ4n) is 2.87. The van der Waals surface area contributed by atoms with Gasteiger partial charge in [-0.05, 0) is 43.4 Å². The largest absolute Gasteiger partial charge is 0.341 e. The molecule has 0 spiro atoms. The Morgan fingerprint density at radius 1 is 1.31 bits per heavy atom. The van der Waals surface area contributed by atoms with Crippen LogP contribution in [-0.4, -0.2) is 32.9 Å². The topological polar surface area (TPSA) is 70.7 Å². The molecular weight excluding hydrogens is 364 g/mol. The third-order valence-electron chi connectivity index (χ3n) is 4.15. The van der Waals surface area contributed by atoms with Crippen LogP contribution in [0, 0.1) is 6.92 Å². The van der Waals surface area contributed by atoms with Gasteiger partial charge >= 0.3 is 0 Å². The molecule has 1 amide bonds. The number of nitrogens with one attached hydrogen (secondary N) is 2. The molecule has 3 rings (SSSR count). The van der Waals surface area contributed by atoms with E-state index in [1.54, 1.807) is 23.1 Å². The number of aromatic amines is 1. The average Bonchev–Trinajstić information content (AvgIpc) is 3.21. The fraction of sp³-hybridized carbons (Fsp3) is 0.421. The van der Waals surface area contributed by atoms with Crippen LogP contribution in [0.4, 0.5) is 0 Å². The predicted molar refractivity (Wildman–Crippen MR) is 110 cm³/mol. The van der Waals surface area contributed by atoms with Crippen molar-refractivity contribution in [3.05, 3.63) is 45.7 Å². The summed E-state index contributed by atoms with van der Waals surface area (Å²) in [5.41, 5.74) is 2.45. The maximum absolute atomic E-state index is 12.9. The Kier molecular flexibility index (Phi) is 5.98. The van der Waals surface area contributed by atoms with Crippen LogP contribution in [0.15, 0.2) is 24.3 Å². The number of H-pyrrole nitrogens is 1. The molecule has 1 aromatic carbocycles. The van der Waals surface area contributed by atoms with Gasteiger partial charge in [0.15, 0.2) is 0 Å². The summed E-state index contributed by atoms with van der Waals surface area (Å²) in [7, 11) is 0. The number of para-hydroxylation sites is 2. The number of carbonyl (C=O) groups is 1. The number of hydrogen-bond acceptors (Lipinski definition) is 5. The Hall–Kier alpha value is -1.86. The summed E-state index contributed by atoms with van der Waals surface area (Å²) in [5, 5.41) is 4.07. The molecule has 0 fully saturated rings. The van der Waals surface area contributed by atoms with Gasteiger partial charge in [-0.25, -0.2) is 9.97 Å². The molecule has 0 radical (unpaired) electrons. The summed E-state index contributed by atoms with van der Waals surface area (Å²) in [5.74, 6) is 1.89. The van der Waals surface area contributed by atoms with E-state index in [4.69, 9.17) is 0 Å². The minimum absolute atomic E-state index is 0.121. The monoisotopic (exact) mass is 388 g/mol. The number of imidazole rings is 1. The van der Waals surface area contributed by atoms with Crippen molar-refractivity contribution in [3.63, 3.8) is 0 Å². The first-order valence-corrected chi connectivity index (χ1v) is 10.9. The first-order valence-electron chi connectivity index (χ1n) is 8.71. The number of hydrogen-bond donors (Lipinski definition) is 2. The van der Waals surface area contributed by atoms with Gasteiger partial charge in [0, 0.05) is 4.88 Å². The highest BCUT2D eigenvalue weighted by Crippen LogP contribution is 2.27. The normalized spacial score (nSPS) is 12.7. The minimum atomic E-state index is -0.163. The number of thiazole rings is 1. The van der Waals surface area contributed by atoms with Gasteiger partial charge in [0.2, 0.25) is 0 Å². The summed E-state index contributed by atoms with van der Waals surface area (Å²) in [6.07, 6.45) is 2.88. The molecule has 0 bridgehead atoms. The summed E-state index contributed by atoms with van der Waals surface area (Å²) in [4.78, 5) is 26.5. The maximum atomic E-state index is 12.9. The van der Waals surface area contributed by atoms with Gasteiger partial charge in [-0.15, -0.1) is 11.3 Å². The molecule has 0 aliphatic rings. The number of thioether (sulfide) groups is 1. The molecule has 5 nitrogen and oxygen atoms in total. The highest BCUT2D eigenvalue weighted by atomic mass is 32.2. The van der Waals surface area contributed by atoms with Gasteiger partial charge in [-0.3, -0.25) is 4.79 Å². The summed E-state index contributed by atoms with van der Waals surface area (Å²) in [6, 6.07) is 7.76. The molecule has 7 heteroatoms. The third kappa shape index (κ3) is 4.10. The first kappa shape index (κ1) is 18.9. The van der Waals surface area contributed by atoms with E-state index in [1.807, 2.05) is 31.2 Å². The number of amides is 1. The fourth-order valence-corrected chi connectivity index (χ4v) is 4.27. The SMILES string of the molecule is CSCCC(NC(=O)c1nc(C)sc1C(C)C)c1nc2ccccc2[nH]1. The van der Waals surface area contributed by atoms with Gasteiger partial charge in [0.1, 0.15) is 11.5 Å². The van der Waals surface area contributed by atoms with Crippen LogP contribution in [0.1, 0.15) is 58.4 Å². The molecular formula is C19H24N4OS2. The molecule has 138 valence electrons. The van der Waals surface area contributed by atoms with Crippen molar-refractivity contribution in [2.24, 2.45) is 0 Å². The average molecular weight is 389 g/mol. The van der Waals surface area contributed by atoms with E-state index in [1.165, 1.54) is 0 Å². The molecule has 26 heavy (non-hydrogen) atoms. The minimum Gasteiger partial charge on any atom is -0.341 e. The van der Waals surface area contributed by atoms with Gasteiger partial charge in [-0.2, -0.15) is 11.8 Å². The van der Waals surface area contributed by atoms with Crippen LogP contribution >= 0.6 is 23.1 Å². The molecule has 2 N–H and O–H groups in total. The van der Waals surface area contributed by atoms with Crippen molar-refractivity contribution < 1.29 is 4.79 Å². The van der Waals surface area contributed by atoms with E-state index >= 15 is 0 Å². The summed E-state index contributed by atoms with van der Waals surface area (Å²) < 4.78 is 0. The second-order valence-corrected chi connectivity index (χ2v) is 8.77. The molecule has 2 aromatic heterocycles. The Morgan fingerprint density at radius 2 is 2.08 bits per heavy atom. The lowest BCUT2D eigenvalue weighted by Gasteiger charge is -2.16. The van der Waals surface area contributed by atoms with Crippen molar-refractivity contribution in [1.82, 2.24) is 20.3 Å². The molecule has 0 saturated heterocycles. The number of rotatable bonds is 7. The van der Waals surface area contributed by atoms with Crippen molar-refractivity contribution in [2.45, 2.75) is 39.2 Å². The van der Waals surface area contributed by atoms with Gasteiger partial charge < -0.3 is 10.3 Å². The summed E-state index contributed by atoms with van der Waals surface area (Å²) >= 11 is 3.36. The molecule has 1 unspecified atom stereocenters. The lowest BCUT2D eigenvalue weighted by molar-refractivity contribution is 0.0928. The van der Waals surface area contributed by atoms with Crippen molar-refractivity contribution in [1.29, 1.82) is 0 Å². The number of carbonyl (C=O) groups excluding carboxylic acids is 1. The lowest BCUT2D eigenvalue weighted by Crippen LogP contribution is -2.30. The van der Waals surface area contributed by atoms with Crippen LogP contribution in [0.2, 0.25) is 0 Å². The zero-order valence-corrected chi connectivity index (χ0v) is 17.1. The van der Waals surface area contributed by atoms with E-state index in [0.717, 1.165) is 38.9 Å². The van der Waals surface area contributed by atoms with Crippen molar-refractivity contribution in [2.75, 3.05) is 12.0 Å². The van der Waals surface area contributed by atoms with E-state index in [0.29, 0.717) is 5.69 Å². The van der Waals surface area contributed by atoms with E-state index < -0.39 is 0 Å². The quantitative estimate of drug-likeness (QED) is 0.617.